The van der Waals surface area contributed by atoms with E-state index in [-0.39, 0.29) is 11.8 Å². The smallest absolute Gasteiger partial charge is 0.227 e. The van der Waals surface area contributed by atoms with Crippen LogP contribution in [0.15, 0.2) is 24.3 Å². The van der Waals surface area contributed by atoms with Crippen LogP contribution in [0.3, 0.4) is 0 Å². The number of hydrogen-bond acceptors (Lipinski definition) is 2. The molecule has 2 N–H and O–H groups in total. The number of amides is 1. The highest BCUT2D eigenvalue weighted by Crippen LogP contribution is 2.12. The van der Waals surface area contributed by atoms with Crippen molar-refractivity contribution >= 4 is 34.7 Å². The van der Waals surface area contributed by atoms with Gasteiger partial charge >= 0.3 is 0 Å². The van der Waals surface area contributed by atoms with Crippen LogP contribution in [0.4, 0.5) is 0 Å². The Labute approximate surface area is 124 Å². The van der Waals surface area contributed by atoms with Crippen LogP contribution in [0.5, 0.6) is 0 Å². The standard InChI is InChI=1S/C14H19ClN2OS/c1-3-17(9-10(2)14(16)19)13(18)8-11-5-4-6-12(15)7-11/h4-7,10H,3,8-9H2,1-2H3,(H2,16,19). The monoisotopic (exact) mass is 298 g/mol. The van der Waals surface area contributed by atoms with Crippen molar-refractivity contribution in [2.45, 2.75) is 20.3 Å². The molecule has 1 aromatic carbocycles. The second kappa shape index (κ2) is 7.46. The molecule has 0 aromatic heterocycles. The van der Waals surface area contributed by atoms with Crippen LogP contribution < -0.4 is 5.73 Å². The molecule has 0 aliphatic heterocycles. The normalized spacial score (nSPS) is 11.9. The highest BCUT2D eigenvalue weighted by molar-refractivity contribution is 7.80. The molecule has 5 heteroatoms. The summed E-state index contributed by atoms with van der Waals surface area (Å²) in [5.74, 6) is 0.0890. The number of nitrogens with two attached hydrogens (primary N) is 1. The highest BCUT2D eigenvalue weighted by Gasteiger charge is 2.16. The second-order valence-corrected chi connectivity index (χ2v) is 5.45. The SMILES string of the molecule is CCN(CC(C)C(N)=S)C(=O)Cc1cccc(Cl)c1. The number of thiocarbonyl (C=S) groups is 1. The molecule has 0 radical (unpaired) electrons. The number of nitrogens with zero attached hydrogens (tertiary/aromatic N) is 1. The molecule has 0 bridgehead atoms. The maximum Gasteiger partial charge on any atom is 0.227 e. The average Bonchev–Trinajstić information content (AvgIpc) is 2.35. The Kier molecular flexibility index (Phi) is 6.25. The number of carbonyl (C=O) groups is 1. The molecule has 0 saturated heterocycles. The zero-order valence-corrected chi connectivity index (χ0v) is 12.8. The lowest BCUT2D eigenvalue weighted by Crippen LogP contribution is -2.38. The molecule has 1 atom stereocenters. The van der Waals surface area contributed by atoms with Gasteiger partial charge in [-0.1, -0.05) is 42.9 Å². The average molecular weight is 299 g/mol. The lowest BCUT2D eigenvalue weighted by Gasteiger charge is -2.24. The van der Waals surface area contributed by atoms with Gasteiger partial charge in [0.1, 0.15) is 0 Å². The van der Waals surface area contributed by atoms with E-state index >= 15 is 0 Å². The van der Waals surface area contributed by atoms with E-state index in [1.807, 2.05) is 32.0 Å². The molecular formula is C14H19ClN2OS. The van der Waals surface area contributed by atoms with Crippen molar-refractivity contribution in [3.8, 4) is 0 Å². The minimum Gasteiger partial charge on any atom is -0.393 e. The van der Waals surface area contributed by atoms with E-state index in [1.165, 1.54) is 0 Å². The Balaban J connectivity index is 2.66. The molecule has 1 rings (SSSR count). The number of benzene rings is 1. The first-order valence-corrected chi connectivity index (χ1v) is 7.04. The summed E-state index contributed by atoms with van der Waals surface area (Å²) in [6.45, 7) is 5.08. The summed E-state index contributed by atoms with van der Waals surface area (Å²) in [5.41, 5.74) is 6.50. The quantitative estimate of drug-likeness (QED) is 0.821. The first-order valence-electron chi connectivity index (χ1n) is 6.25. The molecule has 3 nitrogen and oxygen atoms in total. The fraction of sp³-hybridized carbons (Fsp3) is 0.429. The van der Waals surface area contributed by atoms with Gasteiger partial charge in [0, 0.05) is 24.0 Å². The van der Waals surface area contributed by atoms with Gasteiger partial charge in [0.05, 0.1) is 11.4 Å². The van der Waals surface area contributed by atoms with E-state index < -0.39 is 0 Å². The highest BCUT2D eigenvalue weighted by atomic mass is 35.5. The lowest BCUT2D eigenvalue weighted by molar-refractivity contribution is -0.130. The van der Waals surface area contributed by atoms with Gasteiger partial charge in [-0.3, -0.25) is 4.79 Å². The van der Waals surface area contributed by atoms with Crippen molar-refractivity contribution in [1.82, 2.24) is 4.90 Å². The minimum absolute atomic E-state index is 0.0262. The Morgan fingerprint density at radius 2 is 2.21 bits per heavy atom. The maximum absolute atomic E-state index is 12.2. The predicted octanol–water partition coefficient (Wildman–Crippen LogP) is 2.65. The van der Waals surface area contributed by atoms with Gasteiger partial charge in [0.15, 0.2) is 0 Å². The fourth-order valence-corrected chi connectivity index (χ4v) is 2.05. The van der Waals surface area contributed by atoms with Crippen molar-refractivity contribution in [3.05, 3.63) is 34.9 Å². The van der Waals surface area contributed by atoms with Crippen molar-refractivity contribution in [2.75, 3.05) is 13.1 Å². The van der Waals surface area contributed by atoms with Crippen LogP contribution in [0.1, 0.15) is 19.4 Å². The molecule has 0 heterocycles. The number of halogens is 1. The Bertz CT molecular complexity index is 465. The molecule has 0 saturated carbocycles. The van der Waals surface area contributed by atoms with Crippen molar-refractivity contribution < 1.29 is 4.79 Å². The van der Waals surface area contributed by atoms with Crippen molar-refractivity contribution in [3.63, 3.8) is 0 Å². The molecule has 0 spiro atoms. The third-order valence-electron chi connectivity index (χ3n) is 2.96. The molecule has 0 aliphatic carbocycles. The third-order valence-corrected chi connectivity index (χ3v) is 3.60. The summed E-state index contributed by atoms with van der Waals surface area (Å²) in [4.78, 5) is 14.4. The van der Waals surface area contributed by atoms with Gasteiger partial charge in [0.25, 0.3) is 0 Å². The summed E-state index contributed by atoms with van der Waals surface area (Å²) in [7, 11) is 0. The number of carbonyl (C=O) groups excluding carboxylic acids is 1. The van der Waals surface area contributed by atoms with Crippen molar-refractivity contribution in [2.24, 2.45) is 11.7 Å². The van der Waals surface area contributed by atoms with E-state index in [0.29, 0.717) is 29.5 Å². The van der Waals surface area contributed by atoms with E-state index in [0.717, 1.165) is 5.56 Å². The Hall–Kier alpha value is -1.13. The molecular weight excluding hydrogens is 280 g/mol. The van der Waals surface area contributed by atoms with Gasteiger partial charge < -0.3 is 10.6 Å². The topological polar surface area (TPSA) is 46.3 Å². The van der Waals surface area contributed by atoms with Crippen LogP contribution in [0, 0.1) is 5.92 Å². The van der Waals surface area contributed by atoms with Crippen LogP contribution in [-0.2, 0) is 11.2 Å². The van der Waals surface area contributed by atoms with Crippen LogP contribution >= 0.6 is 23.8 Å². The van der Waals surface area contributed by atoms with Crippen molar-refractivity contribution in [1.29, 1.82) is 0 Å². The van der Waals surface area contributed by atoms with E-state index in [1.54, 1.807) is 11.0 Å². The van der Waals surface area contributed by atoms with Gasteiger partial charge in [0.2, 0.25) is 5.91 Å². The van der Waals surface area contributed by atoms with Crippen LogP contribution in [0.25, 0.3) is 0 Å². The predicted molar refractivity (Wildman–Crippen MR) is 83.4 cm³/mol. The summed E-state index contributed by atoms with van der Waals surface area (Å²) < 4.78 is 0. The first kappa shape index (κ1) is 15.9. The largest absolute Gasteiger partial charge is 0.393 e. The Morgan fingerprint density at radius 3 is 2.74 bits per heavy atom. The van der Waals surface area contributed by atoms with Crippen LogP contribution in [-0.4, -0.2) is 28.9 Å². The third kappa shape index (κ3) is 5.17. The zero-order valence-electron chi connectivity index (χ0n) is 11.2. The molecule has 0 fully saturated rings. The van der Waals surface area contributed by atoms with Gasteiger partial charge in [-0.15, -0.1) is 0 Å². The molecule has 19 heavy (non-hydrogen) atoms. The first-order chi connectivity index (χ1) is 8.93. The molecule has 1 amide bonds. The molecule has 1 unspecified atom stereocenters. The number of likely N-dealkylation sites (N-methyl/N-ethyl adjacent to an activating group) is 1. The molecule has 0 aliphatic rings. The lowest BCUT2D eigenvalue weighted by atomic mass is 10.1. The van der Waals surface area contributed by atoms with Gasteiger partial charge in [-0.25, -0.2) is 0 Å². The fourth-order valence-electron chi connectivity index (χ4n) is 1.76. The van der Waals surface area contributed by atoms with Gasteiger partial charge in [-0.05, 0) is 24.6 Å². The number of hydrogen-bond donors (Lipinski definition) is 1. The molecule has 104 valence electrons. The maximum atomic E-state index is 12.2. The zero-order chi connectivity index (χ0) is 14.4. The summed E-state index contributed by atoms with van der Waals surface area (Å²) in [6.07, 6.45) is 0.346. The van der Waals surface area contributed by atoms with Gasteiger partial charge in [-0.2, -0.15) is 0 Å². The Morgan fingerprint density at radius 1 is 1.53 bits per heavy atom. The minimum atomic E-state index is 0.0262. The summed E-state index contributed by atoms with van der Waals surface area (Å²) in [5, 5.41) is 0.643. The number of rotatable bonds is 6. The summed E-state index contributed by atoms with van der Waals surface area (Å²) in [6, 6.07) is 7.35. The van der Waals surface area contributed by atoms with E-state index in [4.69, 9.17) is 29.6 Å². The summed E-state index contributed by atoms with van der Waals surface area (Å²) >= 11 is 10.8. The molecule has 1 aromatic rings. The second-order valence-electron chi connectivity index (χ2n) is 4.54. The van der Waals surface area contributed by atoms with E-state index in [9.17, 15) is 4.79 Å². The van der Waals surface area contributed by atoms with Crippen LogP contribution in [0.2, 0.25) is 5.02 Å². The van der Waals surface area contributed by atoms with E-state index in [2.05, 4.69) is 0 Å².